The van der Waals surface area contributed by atoms with Gasteiger partial charge in [-0.25, -0.2) is 0 Å². The molecule has 3 aromatic rings. The molecule has 0 aliphatic rings. The van der Waals surface area contributed by atoms with Crippen molar-refractivity contribution in [3.8, 4) is 5.69 Å². The minimum atomic E-state index is 0.585. The van der Waals surface area contributed by atoms with E-state index in [-0.39, 0.29) is 0 Å². The smallest absolute Gasteiger partial charge is 0.182 e. The van der Waals surface area contributed by atoms with Crippen LogP contribution >= 0.6 is 51.3 Å². The van der Waals surface area contributed by atoms with Crippen LogP contribution < -0.4 is 0 Å². The van der Waals surface area contributed by atoms with Gasteiger partial charge in [0.2, 0.25) is 0 Å². The van der Waals surface area contributed by atoms with Gasteiger partial charge in [-0.05, 0) is 58.5 Å². The minimum Gasteiger partial charge on any atom is -0.330 e. The molecule has 1 heterocycles. The maximum Gasteiger partial charge on any atom is 0.182 e. The number of aromatic amines is 1. The van der Waals surface area contributed by atoms with Gasteiger partial charge in [-0.15, -0.1) is 0 Å². The molecule has 0 unspecified atom stereocenters. The van der Waals surface area contributed by atoms with Crippen LogP contribution in [-0.2, 0) is 0 Å². The lowest BCUT2D eigenvalue weighted by Crippen LogP contribution is -1.94. The molecule has 2 aromatic carbocycles. The summed E-state index contributed by atoms with van der Waals surface area (Å²) in [6.45, 7) is 0. The van der Waals surface area contributed by atoms with Crippen LogP contribution in [0.5, 0.6) is 0 Å². The van der Waals surface area contributed by atoms with Crippen molar-refractivity contribution in [1.82, 2.24) is 9.55 Å². The van der Waals surface area contributed by atoms with Crippen LogP contribution in [0, 0.1) is 4.77 Å². The Bertz CT molecular complexity index is 838. The van der Waals surface area contributed by atoms with Crippen molar-refractivity contribution in [2.45, 2.75) is 0 Å². The average Bonchev–Trinajstić information content (AvgIpc) is 2.70. The molecular weight excluding hydrogens is 367 g/mol. The van der Waals surface area contributed by atoms with Crippen LogP contribution in [0.4, 0.5) is 0 Å². The third kappa shape index (κ3) is 2.23. The third-order valence-electron chi connectivity index (χ3n) is 2.82. The van der Waals surface area contributed by atoms with Gasteiger partial charge >= 0.3 is 0 Å². The first kappa shape index (κ1) is 13.2. The SMILES string of the molecule is S=c1[nH]c2cccc(Cl)c2n1-c1ccc(Br)c(Cl)c1. The number of hydrogen-bond donors (Lipinski definition) is 1. The van der Waals surface area contributed by atoms with E-state index in [0.29, 0.717) is 14.8 Å². The first-order chi connectivity index (χ1) is 9.08. The highest BCUT2D eigenvalue weighted by atomic mass is 79.9. The summed E-state index contributed by atoms with van der Waals surface area (Å²) in [5, 5.41) is 1.27. The summed E-state index contributed by atoms with van der Waals surface area (Å²) < 4.78 is 3.31. The first-order valence-electron chi connectivity index (χ1n) is 5.42. The van der Waals surface area contributed by atoms with E-state index < -0.39 is 0 Å². The molecule has 6 heteroatoms. The molecule has 0 spiro atoms. The number of H-pyrrole nitrogens is 1. The second kappa shape index (κ2) is 4.94. The Labute approximate surface area is 133 Å². The normalized spacial score (nSPS) is 11.1. The van der Waals surface area contributed by atoms with Crippen LogP contribution in [0.15, 0.2) is 40.9 Å². The van der Waals surface area contributed by atoms with Gasteiger partial charge in [0.1, 0.15) is 0 Å². The maximum absolute atomic E-state index is 6.27. The predicted octanol–water partition coefficient (Wildman–Crippen LogP) is 5.76. The summed E-state index contributed by atoms with van der Waals surface area (Å²) in [6, 6.07) is 11.3. The van der Waals surface area contributed by atoms with Crippen molar-refractivity contribution < 1.29 is 0 Å². The first-order valence-corrected chi connectivity index (χ1v) is 7.38. The summed E-state index contributed by atoms with van der Waals surface area (Å²) in [5.74, 6) is 0. The van der Waals surface area contributed by atoms with Crippen molar-refractivity contribution in [2.75, 3.05) is 0 Å². The summed E-state index contributed by atoms with van der Waals surface area (Å²) in [4.78, 5) is 3.14. The molecular formula is C13H7BrCl2N2S. The fraction of sp³-hybridized carbons (Fsp3) is 0. The lowest BCUT2D eigenvalue weighted by Gasteiger charge is -2.07. The standard InChI is InChI=1S/C13H7BrCl2N2S/c14-8-5-4-7(6-10(8)16)18-12-9(15)2-1-3-11(12)17-13(18)19/h1-6H,(H,17,19). The van der Waals surface area contributed by atoms with Crippen LogP contribution in [-0.4, -0.2) is 9.55 Å². The molecule has 0 atom stereocenters. The third-order valence-corrected chi connectivity index (χ3v) is 4.64. The highest BCUT2D eigenvalue weighted by molar-refractivity contribution is 9.10. The monoisotopic (exact) mass is 372 g/mol. The summed E-state index contributed by atoms with van der Waals surface area (Å²) in [7, 11) is 0. The Morgan fingerprint density at radius 1 is 1.11 bits per heavy atom. The summed E-state index contributed by atoms with van der Waals surface area (Å²) in [6.07, 6.45) is 0. The van der Waals surface area contributed by atoms with Crippen molar-refractivity contribution in [3.63, 3.8) is 0 Å². The largest absolute Gasteiger partial charge is 0.330 e. The van der Waals surface area contributed by atoms with E-state index in [1.165, 1.54) is 0 Å². The lowest BCUT2D eigenvalue weighted by molar-refractivity contribution is 1.06. The van der Waals surface area contributed by atoms with E-state index in [9.17, 15) is 0 Å². The van der Waals surface area contributed by atoms with Crippen LogP contribution in [0.25, 0.3) is 16.7 Å². The molecule has 1 aromatic heterocycles. The lowest BCUT2D eigenvalue weighted by atomic mass is 10.3. The molecule has 0 saturated carbocycles. The Balaban J connectivity index is 2.39. The average molecular weight is 374 g/mol. The van der Waals surface area contributed by atoms with E-state index in [4.69, 9.17) is 35.4 Å². The number of rotatable bonds is 1. The molecule has 0 bridgehead atoms. The highest BCUT2D eigenvalue weighted by Crippen LogP contribution is 2.30. The Morgan fingerprint density at radius 2 is 1.89 bits per heavy atom. The highest BCUT2D eigenvalue weighted by Gasteiger charge is 2.10. The fourth-order valence-corrected chi connectivity index (χ4v) is 2.97. The topological polar surface area (TPSA) is 20.7 Å². The quantitative estimate of drug-likeness (QED) is 0.538. The second-order valence-corrected chi connectivity index (χ2v) is 6.06. The number of imidazole rings is 1. The van der Waals surface area contributed by atoms with Gasteiger partial charge in [-0.1, -0.05) is 29.3 Å². The van der Waals surface area contributed by atoms with E-state index in [1.807, 2.05) is 41.0 Å². The van der Waals surface area contributed by atoms with Crippen molar-refractivity contribution in [3.05, 3.63) is 55.7 Å². The number of para-hydroxylation sites is 1. The zero-order valence-corrected chi connectivity index (χ0v) is 13.4. The van der Waals surface area contributed by atoms with Gasteiger partial charge in [0.25, 0.3) is 0 Å². The van der Waals surface area contributed by atoms with E-state index in [0.717, 1.165) is 21.2 Å². The number of nitrogens with zero attached hydrogens (tertiary/aromatic N) is 1. The van der Waals surface area contributed by atoms with Gasteiger partial charge < -0.3 is 4.98 Å². The molecule has 19 heavy (non-hydrogen) atoms. The van der Waals surface area contributed by atoms with Gasteiger partial charge in [0.05, 0.1) is 26.8 Å². The molecule has 96 valence electrons. The molecule has 3 rings (SSSR count). The molecule has 1 N–H and O–H groups in total. The maximum atomic E-state index is 6.27. The van der Waals surface area contributed by atoms with E-state index in [1.54, 1.807) is 0 Å². The molecule has 0 radical (unpaired) electrons. The number of benzene rings is 2. The number of fused-ring (bicyclic) bond motifs is 1. The number of aromatic nitrogens is 2. The summed E-state index contributed by atoms with van der Waals surface area (Å²) >= 11 is 21.1. The summed E-state index contributed by atoms with van der Waals surface area (Å²) in [5.41, 5.74) is 2.63. The Hall–Kier alpha value is -0.810. The molecule has 0 amide bonds. The van der Waals surface area contributed by atoms with Gasteiger partial charge in [-0.3, -0.25) is 4.57 Å². The number of halogens is 3. The van der Waals surface area contributed by atoms with Gasteiger partial charge in [-0.2, -0.15) is 0 Å². The zero-order chi connectivity index (χ0) is 13.6. The van der Waals surface area contributed by atoms with Crippen molar-refractivity contribution in [1.29, 1.82) is 0 Å². The van der Waals surface area contributed by atoms with Crippen LogP contribution in [0.2, 0.25) is 10.0 Å². The van der Waals surface area contributed by atoms with Crippen molar-refractivity contribution in [2.24, 2.45) is 0 Å². The van der Waals surface area contributed by atoms with Crippen LogP contribution in [0.1, 0.15) is 0 Å². The van der Waals surface area contributed by atoms with E-state index in [2.05, 4.69) is 20.9 Å². The molecule has 0 aliphatic heterocycles. The fourth-order valence-electron chi connectivity index (χ4n) is 1.99. The zero-order valence-electron chi connectivity index (χ0n) is 9.45. The molecule has 0 fully saturated rings. The second-order valence-electron chi connectivity index (χ2n) is 4.00. The van der Waals surface area contributed by atoms with Gasteiger partial charge in [0.15, 0.2) is 4.77 Å². The Kier molecular flexibility index (Phi) is 3.43. The minimum absolute atomic E-state index is 0.585. The van der Waals surface area contributed by atoms with E-state index >= 15 is 0 Å². The predicted molar refractivity (Wildman–Crippen MR) is 86.2 cm³/mol. The molecule has 0 aliphatic carbocycles. The van der Waals surface area contributed by atoms with Crippen molar-refractivity contribution >= 4 is 62.4 Å². The van der Waals surface area contributed by atoms with Gasteiger partial charge in [0, 0.05) is 4.47 Å². The molecule has 2 nitrogen and oxygen atoms in total. The Morgan fingerprint density at radius 3 is 2.63 bits per heavy atom. The number of hydrogen-bond acceptors (Lipinski definition) is 1. The van der Waals surface area contributed by atoms with Crippen LogP contribution in [0.3, 0.4) is 0 Å². The number of nitrogens with one attached hydrogen (secondary N) is 1. The molecule has 0 saturated heterocycles.